The lowest BCUT2D eigenvalue weighted by molar-refractivity contribution is -0.116. The van der Waals surface area contributed by atoms with Gasteiger partial charge in [0.05, 0.1) is 0 Å². The number of carbonyl (C=O) groups excluding carboxylic acids is 2. The van der Waals surface area contributed by atoms with E-state index in [0.717, 1.165) is 41.0 Å². The average Bonchev–Trinajstić information content (AvgIpc) is 2.98. The Bertz CT molecular complexity index is 769. The summed E-state index contributed by atoms with van der Waals surface area (Å²) in [7, 11) is 0. The highest BCUT2D eigenvalue weighted by Crippen LogP contribution is 2.28. The van der Waals surface area contributed by atoms with Crippen LogP contribution in [0.2, 0.25) is 0 Å². The first-order valence-corrected chi connectivity index (χ1v) is 8.04. The molecule has 1 aliphatic heterocycles. The molecule has 0 unspecified atom stereocenters. The summed E-state index contributed by atoms with van der Waals surface area (Å²) in [6.45, 7) is 4.77. The molecule has 1 heterocycles. The van der Waals surface area contributed by atoms with Crippen LogP contribution in [0.3, 0.4) is 0 Å². The molecule has 5 heteroatoms. The van der Waals surface area contributed by atoms with Crippen LogP contribution < -0.4 is 15.5 Å². The molecule has 3 rings (SSSR count). The summed E-state index contributed by atoms with van der Waals surface area (Å²) >= 11 is 0. The maximum atomic E-state index is 12.0. The Balaban J connectivity index is 1.58. The zero-order chi connectivity index (χ0) is 17.1. The van der Waals surface area contributed by atoms with Crippen molar-refractivity contribution in [3.8, 4) is 0 Å². The number of hydrogen-bond donors (Lipinski definition) is 2. The molecule has 0 atom stereocenters. The topological polar surface area (TPSA) is 61.4 Å². The summed E-state index contributed by atoms with van der Waals surface area (Å²) < 4.78 is 0. The normalized spacial score (nSPS) is 12.7. The minimum absolute atomic E-state index is 0.0668. The Morgan fingerprint density at radius 2 is 1.88 bits per heavy atom. The van der Waals surface area contributed by atoms with Crippen molar-refractivity contribution >= 4 is 23.3 Å². The lowest BCUT2D eigenvalue weighted by Crippen LogP contribution is -2.28. The number of nitrogens with zero attached hydrogens (tertiary/aromatic N) is 1. The molecule has 24 heavy (non-hydrogen) atoms. The van der Waals surface area contributed by atoms with Gasteiger partial charge < -0.3 is 15.5 Å². The number of benzene rings is 2. The lowest BCUT2D eigenvalue weighted by Gasteiger charge is -2.15. The van der Waals surface area contributed by atoms with E-state index in [0.29, 0.717) is 6.54 Å². The van der Waals surface area contributed by atoms with Gasteiger partial charge in [-0.05, 0) is 42.7 Å². The van der Waals surface area contributed by atoms with Crippen LogP contribution in [0.15, 0.2) is 42.5 Å². The van der Waals surface area contributed by atoms with Gasteiger partial charge in [-0.15, -0.1) is 0 Å². The van der Waals surface area contributed by atoms with E-state index < -0.39 is 0 Å². The Kier molecular flexibility index (Phi) is 4.51. The second-order valence-corrected chi connectivity index (χ2v) is 6.06. The Morgan fingerprint density at radius 3 is 2.58 bits per heavy atom. The molecule has 124 valence electrons. The fraction of sp³-hybridized carbons (Fsp3) is 0.263. The van der Waals surface area contributed by atoms with Gasteiger partial charge in [0.15, 0.2) is 0 Å². The summed E-state index contributed by atoms with van der Waals surface area (Å²) in [6.07, 6.45) is 0.859. The van der Waals surface area contributed by atoms with Crippen LogP contribution in [0.5, 0.6) is 0 Å². The first-order chi connectivity index (χ1) is 11.5. The number of hydrogen-bond acceptors (Lipinski definition) is 2. The number of rotatable bonds is 3. The highest BCUT2D eigenvalue weighted by Gasteiger charge is 2.21. The van der Waals surface area contributed by atoms with Gasteiger partial charge in [0.25, 0.3) is 0 Å². The smallest absolute Gasteiger partial charge is 0.319 e. The molecule has 0 radical (unpaired) electrons. The van der Waals surface area contributed by atoms with Gasteiger partial charge in [-0.3, -0.25) is 4.79 Å². The maximum absolute atomic E-state index is 12.0. The average molecular weight is 323 g/mol. The van der Waals surface area contributed by atoms with Crippen molar-refractivity contribution in [1.29, 1.82) is 0 Å². The zero-order valence-electron chi connectivity index (χ0n) is 13.9. The molecular formula is C19H21N3O2. The second-order valence-electron chi connectivity index (χ2n) is 6.06. The molecule has 2 aromatic rings. The highest BCUT2D eigenvalue weighted by atomic mass is 16.2. The van der Waals surface area contributed by atoms with Gasteiger partial charge in [0.2, 0.25) is 5.91 Å². The summed E-state index contributed by atoms with van der Waals surface area (Å²) in [6, 6.07) is 13.4. The molecule has 0 aromatic heterocycles. The van der Waals surface area contributed by atoms with E-state index in [-0.39, 0.29) is 11.9 Å². The van der Waals surface area contributed by atoms with E-state index >= 15 is 0 Å². The van der Waals surface area contributed by atoms with E-state index in [9.17, 15) is 9.59 Å². The summed E-state index contributed by atoms with van der Waals surface area (Å²) in [5, 5.41) is 5.67. The molecule has 2 N–H and O–H groups in total. The highest BCUT2D eigenvalue weighted by molar-refractivity contribution is 5.93. The van der Waals surface area contributed by atoms with Crippen LogP contribution in [0.1, 0.15) is 23.6 Å². The zero-order valence-corrected chi connectivity index (χ0v) is 13.9. The van der Waals surface area contributed by atoms with Crippen molar-refractivity contribution in [3.63, 3.8) is 0 Å². The quantitative estimate of drug-likeness (QED) is 0.911. The van der Waals surface area contributed by atoms with Crippen molar-refractivity contribution < 1.29 is 9.59 Å². The molecule has 2 aromatic carbocycles. The molecule has 0 saturated heterocycles. The fourth-order valence-electron chi connectivity index (χ4n) is 2.89. The number of aryl methyl sites for hydroxylation is 1. The number of amides is 3. The molecule has 3 amide bonds. The third kappa shape index (κ3) is 3.56. The number of anilines is 2. The van der Waals surface area contributed by atoms with Crippen LogP contribution in [0, 0.1) is 6.92 Å². The van der Waals surface area contributed by atoms with Gasteiger partial charge in [-0.25, -0.2) is 4.79 Å². The van der Waals surface area contributed by atoms with Gasteiger partial charge >= 0.3 is 6.03 Å². The molecule has 0 spiro atoms. The molecule has 0 aliphatic carbocycles. The van der Waals surface area contributed by atoms with Crippen molar-refractivity contribution in [3.05, 3.63) is 59.2 Å². The standard InChI is InChI=1S/C19H21N3O2/c1-13-3-6-17(7-4-13)21-19(24)20-12-15-5-8-18-16(11-15)9-10-22(18)14(2)23/h3-8,11H,9-10,12H2,1-2H3,(H2,20,21,24). The van der Waals surface area contributed by atoms with E-state index in [1.807, 2.05) is 43.3 Å². The second kappa shape index (κ2) is 6.74. The van der Waals surface area contributed by atoms with Crippen molar-refractivity contribution in [1.82, 2.24) is 5.32 Å². The first-order valence-electron chi connectivity index (χ1n) is 8.04. The minimum atomic E-state index is -0.232. The minimum Gasteiger partial charge on any atom is -0.334 e. The number of nitrogens with one attached hydrogen (secondary N) is 2. The summed E-state index contributed by atoms with van der Waals surface area (Å²) in [5.74, 6) is 0.0668. The van der Waals surface area contributed by atoms with Gasteiger partial charge in [-0.2, -0.15) is 0 Å². The lowest BCUT2D eigenvalue weighted by atomic mass is 10.1. The van der Waals surface area contributed by atoms with Crippen LogP contribution in [0.4, 0.5) is 16.2 Å². The maximum Gasteiger partial charge on any atom is 0.319 e. The molecular weight excluding hydrogens is 302 g/mol. The van der Waals surface area contributed by atoms with E-state index in [4.69, 9.17) is 0 Å². The van der Waals surface area contributed by atoms with Crippen LogP contribution in [0.25, 0.3) is 0 Å². The monoisotopic (exact) mass is 323 g/mol. The summed E-state index contributed by atoms with van der Waals surface area (Å²) in [4.78, 5) is 25.3. The predicted molar refractivity (Wildman–Crippen MR) is 95.2 cm³/mol. The molecule has 0 fully saturated rings. The van der Waals surface area contributed by atoms with E-state index in [1.165, 1.54) is 0 Å². The fourth-order valence-corrected chi connectivity index (χ4v) is 2.89. The first kappa shape index (κ1) is 16.1. The Labute approximate surface area is 141 Å². The molecule has 0 saturated carbocycles. The van der Waals surface area contributed by atoms with Gasteiger partial charge in [0, 0.05) is 31.4 Å². The summed E-state index contributed by atoms with van der Waals surface area (Å²) in [5.41, 5.74) is 5.08. The van der Waals surface area contributed by atoms with E-state index in [2.05, 4.69) is 16.7 Å². The number of carbonyl (C=O) groups is 2. The Morgan fingerprint density at radius 1 is 1.12 bits per heavy atom. The number of fused-ring (bicyclic) bond motifs is 1. The molecule has 1 aliphatic rings. The van der Waals surface area contributed by atoms with Crippen LogP contribution >= 0.6 is 0 Å². The van der Waals surface area contributed by atoms with Gasteiger partial charge in [0.1, 0.15) is 0 Å². The van der Waals surface area contributed by atoms with Crippen LogP contribution in [-0.2, 0) is 17.8 Å². The third-order valence-corrected chi connectivity index (χ3v) is 4.18. The van der Waals surface area contributed by atoms with Crippen molar-refractivity contribution in [2.45, 2.75) is 26.8 Å². The number of urea groups is 1. The SMILES string of the molecule is CC(=O)N1CCc2cc(CNC(=O)Nc3ccc(C)cc3)ccc21. The van der Waals surface area contributed by atoms with Crippen molar-refractivity contribution in [2.75, 3.05) is 16.8 Å². The molecule has 5 nitrogen and oxygen atoms in total. The van der Waals surface area contributed by atoms with Crippen molar-refractivity contribution in [2.24, 2.45) is 0 Å². The van der Waals surface area contributed by atoms with Gasteiger partial charge in [-0.1, -0.05) is 29.8 Å². The molecule has 0 bridgehead atoms. The van der Waals surface area contributed by atoms with E-state index in [1.54, 1.807) is 11.8 Å². The largest absolute Gasteiger partial charge is 0.334 e. The predicted octanol–water partition coefficient (Wildman–Crippen LogP) is 3.23. The third-order valence-electron chi connectivity index (χ3n) is 4.18. The van der Waals surface area contributed by atoms with Crippen LogP contribution in [-0.4, -0.2) is 18.5 Å². The Hall–Kier alpha value is -2.82.